The lowest BCUT2D eigenvalue weighted by molar-refractivity contribution is 0.653. The summed E-state index contributed by atoms with van der Waals surface area (Å²) in [6.45, 7) is 3.28. The maximum atomic E-state index is 5.49. The van der Waals surface area contributed by atoms with E-state index in [1.54, 1.807) is 17.5 Å². The van der Waals surface area contributed by atoms with Gasteiger partial charge in [-0.15, -0.1) is 11.3 Å². The van der Waals surface area contributed by atoms with Crippen LogP contribution in [-0.4, -0.2) is 14.8 Å². The highest BCUT2D eigenvalue weighted by atomic mass is 32.1. The molecule has 0 amide bonds. The van der Waals surface area contributed by atoms with E-state index in [4.69, 9.17) is 5.73 Å². The Kier molecular flexibility index (Phi) is 2.60. The predicted molar refractivity (Wildman–Crippen MR) is 56.1 cm³/mol. The summed E-state index contributed by atoms with van der Waals surface area (Å²) in [7, 11) is 0. The molecule has 0 saturated heterocycles. The number of rotatable bonds is 3. The molecule has 0 atom stereocenters. The average molecular weight is 208 g/mol. The Balaban J connectivity index is 2.15. The molecule has 0 radical (unpaired) electrons. The van der Waals surface area contributed by atoms with E-state index < -0.39 is 0 Å². The van der Waals surface area contributed by atoms with Crippen molar-refractivity contribution in [3.05, 3.63) is 34.0 Å². The smallest absolute Gasteiger partial charge is 0.107 e. The van der Waals surface area contributed by atoms with E-state index in [9.17, 15) is 0 Å². The summed E-state index contributed by atoms with van der Waals surface area (Å²) in [5.41, 5.74) is 7.67. The van der Waals surface area contributed by atoms with Crippen LogP contribution >= 0.6 is 11.3 Å². The summed E-state index contributed by atoms with van der Waals surface area (Å²) < 4.78 is 1.93. The molecule has 0 bridgehead atoms. The Hall–Kier alpha value is -1.20. The Bertz CT molecular complexity index is 418. The number of nitrogens with zero attached hydrogens (tertiary/aromatic N) is 3. The summed E-state index contributed by atoms with van der Waals surface area (Å²) in [6.07, 6.45) is 1.80. The van der Waals surface area contributed by atoms with Gasteiger partial charge < -0.3 is 5.73 Å². The van der Waals surface area contributed by atoms with Crippen molar-refractivity contribution in [3.8, 4) is 0 Å². The third-order valence-corrected chi connectivity index (χ3v) is 2.93. The van der Waals surface area contributed by atoms with E-state index in [-0.39, 0.29) is 0 Å². The summed E-state index contributed by atoms with van der Waals surface area (Å²) in [5, 5.41) is 7.20. The molecule has 0 spiro atoms. The largest absolute Gasteiger partial charge is 0.325 e. The molecule has 0 aliphatic rings. The first-order chi connectivity index (χ1) is 6.79. The molecule has 2 aromatic heterocycles. The molecule has 0 aromatic carbocycles. The maximum absolute atomic E-state index is 5.49. The summed E-state index contributed by atoms with van der Waals surface area (Å²) in [6, 6.07) is 1.98. The van der Waals surface area contributed by atoms with Crippen LogP contribution in [0.5, 0.6) is 0 Å². The molecule has 2 N–H and O–H groups in total. The number of hydrogen-bond acceptors (Lipinski definition) is 4. The first-order valence-corrected chi connectivity index (χ1v) is 5.29. The highest BCUT2D eigenvalue weighted by Gasteiger charge is 2.03. The Labute approximate surface area is 86.4 Å². The van der Waals surface area contributed by atoms with Crippen LogP contribution < -0.4 is 5.73 Å². The van der Waals surface area contributed by atoms with Crippen molar-refractivity contribution in [2.75, 3.05) is 0 Å². The van der Waals surface area contributed by atoms with Crippen molar-refractivity contribution >= 4 is 11.3 Å². The first-order valence-electron chi connectivity index (χ1n) is 4.41. The second-order valence-corrected chi connectivity index (χ2v) is 4.01. The molecule has 4 nitrogen and oxygen atoms in total. The molecule has 0 fully saturated rings. The van der Waals surface area contributed by atoms with Crippen LogP contribution in [0.25, 0.3) is 0 Å². The normalized spacial score (nSPS) is 10.7. The van der Waals surface area contributed by atoms with E-state index in [2.05, 4.69) is 10.1 Å². The Morgan fingerprint density at radius 3 is 3.00 bits per heavy atom. The lowest BCUT2D eigenvalue weighted by atomic mass is 10.4. The number of nitrogens with two attached hydrogens (primary N) is 1. The lowest BCUT2D eigenvalue weighted by Gasteiger charge is -2.00. The minimum atomic E-state index is 0.517. The van der Waals surface area contributed by atoms with Crippen LogP contribution in [0.4, 0.5) is 0 Å². The van der Waals surface area contributed by atoms with Crippen molar-refractivity contribution in [2.45, 2.75) is 20.0 Å². The highest BCUT2D eigenvalue weighted by Crippen LogP contribution is 2.10. The van der Waals surface area contributed by atoms with Crippen molar-refractivity contribution in [1.29, 1.82) is 0 Å². The zero-order valence-corrected chi connectivity index (χ0v) is 8.79. The van der Waals surface area contributed by atoms with Gasteiger partial charge in [-0.2, -0.15) is 5.10 Å². The van der Waals surface area contributed by atoms with Crippen molar-refractivity contribution < 1.29 is 0 Å². The Morgan fingerprint density at radius 2 is 2.43 bits per heavy atom. The molecule has 5 heteroatoms. The molecule has 2 heterocycles. The van der Waals surface area contributed by atoms with E-state index in [1.807, 2.05) is 23.1 Å². The number of thiazole rings is 1. The average Bonchev–Trinajstić information content (AvgIpc) is 2.77. The molecule has 2 aromatic rings. The quantitative estimate of drug-likeness (QED) is 0.823. The van der Waals surface area contributed by atoms with Crippen molar-refractivity contribution in [3.63, 3.8) is 0 Å². The fraction of sp³-hybridized carbons (Fsp3) is 0.333. The third-order valence-electron chi connectivity index (χ3n) is 2.01. The van der Waals surface area contributed by atoms with E-state index in [0.717, 1.165) is 22.9 Å². The van der Waals surface area contributed by atoms with E-state index >= 15 is 0 Å². The molecule has 0 aliphatic heterocycles. The van der Waals surface area contributed by atoms with Gasteiger partial charge in [0, 0.05) is 23.8 Å². The van der Waals surface area contributed by atoms with E-state index in [0.29, 0.717) is 6.54 Å². The Morgan fingerprint density at radius 1 is 1.57 bits per heavy atom. The molecule has 0 unspecified atom stereocenters. The van der Waals surface area contributed by atoms with Gasteiger partial charge in [-0.1, -0.05) is 0 Å². The molecule has 0 saturated carbocycles. The van der Waals surface area contributed by atoms with E-state index in [1.165, 1.54) is 0 Å². The van der Waals surface area contributed by atoms with Gasteiger partial charge in [-0.3, -0.25) is 4.68 Å². The minimum absolute atomic E-state index is 0.517. The van der Waals surface area contributed by atoms with Gasteiger partial charge in [0.15, 0.2) is 0 Å². The minimum Gasteiger partial charge on any atom is -0.325 e. The molecule has 0 aliphatic carbocycles. The van der Waals surface area contributed by atoms with Crippen LogP contribution in [0.1, 0.15) is 16.4 Å². The first kappa shape index (κ1) is 9.36. The standard InChI is InChI=1S/C9H12N4S/c1-7-2-3-11-13(7)5-8-6-14-9(4-10)12-8/h2-3,6H,4-5,10H2,1H3. The highest BCUT2D eigenvalue weighted by molar-refractivity contribution is 7.09. The monoisotopic (exact) mass is 208 g/mol. The van der Waals surface area contributed by atoms with Crippen LogP contribution in [0.3, 0.4) is 0 Å². The van der Waals surface area contributed by atoms with Crippen molar-refractivity contribution in [2.24, 2.45) is 5.73 Å². The number of hydrogen-bond donors (Lipinski definition) is 1. The molecule has 14 heavy (non-hydrogen) atoms. The van der Waals surface area contributed by atoms with Gasteiger partial charge in [0.2, 0.25) is 0 Å². The summed E-state index contributed by atoms with van der Waals surface area (Å²) >= 11 is 1.60. The zero-order valence-electron chi connectivity index (χ0n) is 7.97. The molecule has 74 valence electrons. The van der Waals surface area contributed by atoms with Gasteiger partial charge in [-0.05, 0) is 13.0 Å². The van der Waals surface area contributed by atoms with Gasteiger partial charge >= 0.3 is 0 Å². The predicted octanol–water partition coefficient (Wildman–Crippen LogP) is 1.16. The fourth-order valence-corrected chi connectivity index (χ4v) is 1.90. The van der Waals surface area contributed by atoms with Crippen molar-refractivity contribution in [1.82, 2.24) is 14.8 Å². The molecular formula is C9H12N4S. The van der Waals surface area contributed by atoms with Crippen LogP contribution in [-0.2, 0) is 13.1 Å². The van der Waals surface area contributed by atoms with Gasteiger partial charge in [-0.25, -0.2) is 4.98 Å². The van der Waals surface area contributed by atoms with Crippen LogP contribution in [0, 0.1) is 6.92 Å². The number of aryl methyl sites for hydroxylation is 1. The number of aromatic nitrogens is 3. The molecule has 2 rings (SSSR count). The summed E-state index contributed by atoms with van der Waals surface area (Å²) in [4.78, 5) is 4.38. The van der Waals surface area contributed by atoms with Crippen LogP contribution in [0.2, 0.25) is 0 Å². The summed E-state index contributed by atoms with van der Waals surface area (Å²) in [5.74, 6) is 0. The third kappa shape index (κ3) is 1.83. The van der Waals surface area contributed by atoms with Crippen LogP contribution in [0.15, 0.2) is 17.6 Å². The zero-order chi connectivity index (χ0) is 9.97. The SMILES string of the molecule is Cc1ccnn1Cc1csc(CN)n1. The topological polar surface area (TPSA) is 56.7 Å². The van der Waals surface area contributed by atoms with Gasteiger partial charge in [0.05, 0.1) is 12.2 Å². The second-order valence-electron chi connectivity index (χ2n) is 3.07. The maximum Gasteiger partial charge on any atom is 0.107 e. The fourth-order valence-electron chi connectivity index (χ4n) is 1.23. The lowest BCUT2D eigenvalue weighted by Crippen LogP contribution is -2.04. The van der Waals surface area contributed by atoms with Gasteiger partial charge in [0.25, 0.3) is 0 Å². The molecular weight excluding hydrogens is 196 g/mol. The second kappa shape index (κ2) is 3.89. The van der Waals surface area contributed by atoms with Gasteiger partial charge in [0.1, 0.15) is 5.01 Å².